The van der Waals surface area contributed by atoms with Gasteiger partial charge in [0.15, 0.2) is 0 Å². The zero-order valence-electron chi connectivity index (χ0n) is 11.7. The first kappa shape index (κ1) is 14.2. The number of hydrogen-bond donors (Lipinski definition) is 2. The molecule has 1 aliphatic heterocycles. The second-order valence-corrected chi connectivity index (χ2v) is 5.68. The molecular weight excluding hydrogens is 240 g/mol. The monoisotopic (exact) mass is 264 g/mol. The van der Waals surface area contributed by atoms with E-state index in [1.807, 2.05) is 18.2 Å². The molecule has 4 heteroatoms. The summed E-state index contributed by atoms with van der Waals surface area (Å²) >= 11 is 0. The van der Waals surface area contributed by atoms with Crippen molar-refractivity contribution in [3.05, 3.63) is 24.3 Å². The number of aliphatic hydroxyl groups excluding tert-OH is 1. The van der Waals surface area contributed by atoms with Crippen molar-refractivity contribution in [2.45, 2.75) is 20.0 Å². The molecule has 0 bridgehead atoms. The number of ether oxygens (including phenoxy) is 1. The normalized spacial score (nSPS) is 25.4. The Bertz CT molecular complexity index is 401. The molecule has 4 nitrogen and oxygen atoms in total. The third-order valence-electron chi connectivity index (χ3n) is 3.88. The first-order valence-electron chi connectivity index (χ1n) is 6.94. The quantitative estimate of drug-likeness (QED) is 0.793. The average molecular weight is 264 g/mol. The number of para-hydroxylation sites is 2. The van der Waals surface area contributed by atoms with Gasteiger partial charge in [0.1, 0.15) is 18.5 Å². The van der Waals surface area contributed by atoms with Crippen LogP contribution < -0.4 is 10.5 Å². The Morgan fingerprint density at radius 2 is 1.95 bits per heavy atom. The lowest BCUT2D eigenvalue weighted by atomic mass is 10.0. The van der Waals surface area contributed by atoms with Crippen LogP contribution in [0, 0.1) is 11.8 Å². The van der Waals surface area contributed by atoms with Crippen LogP contribution in [-0.2, 0) is 0 Å². The average Bonchev–Trinajstić information content (AvgIpc) is 2.67. The maximum atomic E-state index is 10.0. The highest BCUT2D eigenvalue weighted by atomic mass is 16.5. The van der Waals surface area contributed by atoms with E-state index >= 15 is 0 Å². The first-order valence-corrected chi connectivity index (χ1v) is 6.94. The van der Waals surface area contributed by atoms with Crippen molar-refractivity contribution >= 4 is 5.69 Å². The SMILES string of the molecule is CC1CN(CC(O)COc2ccccc2N)CC1C. The standard InChI is InChI=1S/C15H24N2O2/c1-11-7-17(8-12(11)2)9-13(18)10-19-15-6-4-3-5-14(15)16/h3-6,11-13,18H,7-10,16H2,1-2H3. The Balaban J connectivity index is 1.76. The molecule has 0 aliphatic carbocycles. The fourth-order valence-electron chi connectivity index (χ4n) is 2.55. The van der Waals surface area contributed by atoms with Crippen molar-refractivity contribution in [1.82, 2.24) is 4.90 Å². The van der Waals surface area contributed by atoms with E-state index in [-0.39, 0.29) is 6.61 Å². The molecule has 0 amide bonds. The van der Waals surface area contributed by atoms with Crippen LogP contribution in [0.15, 0.2) is 24.3 Å². The van der Waals surface area contributed by atoms with Crippen LogP contribution in [0.3, 0.4) is 0 Å². The molecule has 0 saturated carbocycles. The van der Waals surface area contributed by atoms with Crippen LogP contribution in [0.1, 0.15) is 13.8 Å². The Morgan fingerprint density at radius 1 is 1.32 bits per heavy atom. The molecule has 1 saturated heterocycles. The topological polar surface area (TPSA) is 58.7 Å². The third-order valence-corrected chi connectivity index (χ3v) is 3.88. The summed E-state index contributed by atoms with van der Waals surface area (Å²) in [6.45, 7) is 7.60. The van der Waals surface area contributed by atoms with Gasteiger partial charge < -0.3 is 20.5 Å². The summed E-state index contributed by atoms with van der Waals surface area (Å²) in [6, 6.07) is 7.36. The molecule has 1 heterocycles. The lowest BCUT2D eigenvalue weighted by Crippen LogP contribution is -2.34. The Labute approximate surface area is 115 Å². The number of hydrogen-bond acceptors (Lipinski definition) is 4. The number of aliphatic hydroxyl groups is 1. The number of nitrogens with two attached hydrogens (primary N) is 1. The van der Waals surface area contributed by atoms with Gasteiger partial charge in [0, 0.05) is 19.6 Å². The molecule has 1 aliphatic rings. The highest BCUT2D eigenvalue weighted by Gasteiger charge is 2.27. The van der Waals surface area contributed by atoms with Crippen LogP contribution in [0.4, 0.5) is 5.69 Å². The third kappa shape index (κ3) is 3.85. The highest BCUT2D eigenvalue weighted by molar-refractivity contribution is 5.51. The highest BCUT2D eigenvalue weighted by Crippen LogP contribution is 2.23. The summed E-state index contributed by atoms with van der Waals surface area (Å²) in [5.41, 5.74) is 6.40. The van der Waals surface area contributed by atoms with Gasteiger partial charge in [-0.3, -0.25) is 0 Å². The fraction of sp³-hybridized carbons (Fsp3) is 0.600. The van der Waals surface area contributed by atoms with Crippen molar-refractivity contribution in [3.63, 3.8) is 0 Å². The molecule has 1 fully saturated rings. The van der Waals surface area contributed by atoms with Crippen LogP contribution in [-0.4, -0.2) is 42.4 Å². The van der Waals surface area contributed by atoms with Crippen LogP contribution in [0.25, 0.3) is 0 Å². The van der Waals surface area contributed by atoms with Crippen molar-refractivity contribution in [2.24, 2.45) is 11.8 Å². The summed E-state index contributed by atoms with van der Waals surface area (Å²) in [4.78, 5) is 2.30. The van der Waals surface area contributed by atoms with Gasteiger partial charge in [-0.05, 0) is 24.0 Å². The number of β-amino-alcohol motifs (C(OH)–C–C–N with tert-alkyl or cyclic N) is 1. The predicted molar refractivity (Wildman–Crippen MR) is 77.1 cm³/mol. The van der Waals surface area contributed by atoms with Crippen LogP contribution in [0.2, 0.25) is 0 Å². The summed E-state index contributed by atoms with van der Waals surface area (Å²) in [6.07, 6.45) is -0.475. The minimum absolute atomic E-state index is 0.285. The lowest BCUT2D eigenvalue weighted by Gasteiger charge is -2.20. The largest absolute Gasteiger partial charge is 0.489 e. The number of nitrogen functional groups attached to an aromatic ring is 1. The molecule has 1 aromatic rings. The van der Waals surface area contributed by atoms with Crippen molar-refractivity contribution in [1.29, 1.82) is 0 Å². The van der Waals surface area contributed by atoms with Gasteiger partial charge in [0.25, 0.3) is 0 Å². The van der Waals surface area contributed by atoms with Crippen molar-refractivity contribution in [2.75, 3.05) is 32.0 Å². The molecule has 0 radical (unpaired) electrons. The minimum atomic E-state index is -0.475. The zero-order valence-corrected chi connectivity index (χ0v) is 11.7. The number of nitrogens with zero attached hydrogens (tertiary/aromatic N) is 1. The molecule has 3 N–H and O–H groups in total. The second kappa shape index (κ2) is 6.26. The number of likely N-dealkylation sites (tertiary alicyclic amines) is 1. The zero-order chi connectivity index (χ0) is 13.8. The second-order valence-electron chi connectivity index (χ2n) is 5.68. The van der Waals surface area contributed by atoms with Gasteiger partial charge in [0.05, 0.1) is 5.69 Å². The van der Waals surface area contributed by atoms with E-state index in [0.717, 1.165) is 13.1 Å². The summed E-state index contributed by atoms with van der Waals surface area (Å²) in [5, 5.41) is 10.0. The maximum Gasteiger partial charge on any atom is 0.142 e. The van der Waals surface area contributed by atoms with E-state index in [0.29, 0.717) is 29.8 Å². The maximum absolute atomic E-state index is 10.0. The Morgan fingerprint density at radius 3 is 2.58 bits per heavy atom. The van der Waals surface area contributed by atoms with E-state index in [9.17, 15) is 5.11 Å². The molecule has 3 unspecified atom stereocenters. The van der Waals surface area contributed by atoms with Gasteiger partial charge in [-0.15, -0.1) is 0 Å². The molecule has 0 spiro atoms. The molecule has 106 valence electrons. The fourth-order valence-corrected chi connectivity index (χ4v) is 2.55. The molecule has 1 aromatic carbocycles. The van der Waals surface area contributed by atoms with E-state index in [1.165, 1.54) is 0 Å². The van der Waals surface area contributed by atoms with E-state index < -0.39 is 6.10 Å². The first-order chi connectivity index (χ1) is 9.06. The van der Waals surface area contributed by atoms with E-state index in [4.69, 9.17) is 10.5 Å². The van der Waals surface area contributed by atoms with Crippen molar-refractivity contribution < 1.29 is 9.84 Å². The van der Waals surface area contributed by atoms with Gasteiger partial charge >= 0.3 is 0 Å². The van der Waals surface area contributed by atoms with Gasteiger partial charge in [0.2, 0.25) is 0 Å². The summed E-state index contributed by atoms with van der Waals surface area (Å²) < 4.78 is 5.56. The molecule has 3 atom stereocenters. The molecule has 19 heavy (non-hydrogen) atoms. The summed E-state index contributed by atoms with van der Waals surface area (Å²) in [7, 11) is 0. The van der Waals surface area contributed by atoms with Crippen molar-refractivity contribution in [3.8, 4) is 5.75 Å². The minimum Gasteiger partial charge on any atom is -0.489 e. The van der Waals surface area contributed by atoms with Gasteiger partial charge in [-0.2, -0.15) is 0 Å². The molecule has 2 rings (SSSR count). The van der Waals surface area contributed by atoms with Crippen LogP contribution in [0.5, 0.6) is 5.75 Å². The van der Waals surface area contributed by atoms with Gasteiger partial charge in [-0.25, -0.2) is 0 Å². The smallest absolute Gasteiger partial charge is 0.142 e. The van der Waals surface area contributed by atoms with Crippen LogP contribution >= 0.6 is 0 Å². The predicted octanol–water partition coefficient (Wildman–Crippen LogP) is 1.60. The number of rotatable bonds is 5. The van der Waals surface area contributed by atoms with E-state index in [1.54, 1.807) is 6.07 Å². The Kier molecular flexibility index (Phi) is 4.66. The molecule has 0 aromatic heterocycles. The van der Waals surface area contributed by atoms with E-state index in [2.05, 4.69) is 18.7 Å². The number of anilines is 1. The molecular formula is C15H24N2O2. The summed E-state index contributed by atoms with van der Waals surface area (Å²) in [5.74, 6) is 2.06. The van der Waals surface area contributed by atoms with Gasteiger partial charge in [-0.1, -0.05) is 26.0 Å². The Hall–Kier alpha value is -1.26. The lowest BCUT2D eigenvalue weighted by molar-refractivity contribution is 0.0746. The number of benzene rings is 1.